The lowest BCUT2D eigenvalue weighted by molar-refractivity contribution is -0.125. The zero-order chi connectivity index (χ0) is 15.2. The second-order valence-corrected chi connectivity index (χ2v) is 5.53. The molecule has 1 aliphatic rings. The molecule has 5 nitrogen and oxygen atoms in total. The Kier molecular flexibility index (Phi) is 5.73. The van der Waals surface area contributed by atoms with Crippen LogP contribution in [0.15, 0.2) is 30.3 Å². The van der Waals surface area contributed by atoms with Gasteiger partial charge in [0.1, 0.15) is 0 Å². The number of para-hydroxylation sites is 1. The van der Waals surface area contributed by atoms with Crippen molar-refractivity contribution in [2.45, 2.75) is 25.0 Å². The highest BCUT2D eigenvalue weighted by Gasteiger charge is 2.32. The number of hydrogen-bond donors (Lipinski definition) is 1. The van der Waals surface area contributed by atoms with Gasteiger partial charge in [0.2, 0.25) is 5.91 Å². The molecule has 0 unspecified atom stereocenters. The second-order valence-electron chi connectivity index (χ2n) is 5.53. The van der Waals surface area contributed by atoms with Crippen LogP contribution in [0.2, 0.25) is 0 Å². The Labute approximate surface area is 126 Å². The van der Waals surface area contributed by atoms with Gasteiger partial charge in [0.25, 0.3) is 0 Å². The Morgan fingerprint density at radius 1 is 1.43 bits per heavy atom. The standard InChI is InChI=1S/C16H24N2O3/c1-17(11-14(19)12-21-2)15-9-6-10-18(16(15)20)13-7-4-3-5-8-13/h3-5,7-8,14-15,19H,6,9-12H2,1-2H3/t14-,15-/m0/s1. The first-order valence-corrected chi connectivity index (χ1v) is 7.37. The molecule has 116 valence electrons. The topological polar surface area (TPSA) is 53.0 Å². The number of rotatable bonds is 6. The number of piperidine rings is 1. The minimum Gasteiger partial charge on any atom is -0.389 e. The maximum absolute atomic E-state index is 12.7. The van der Waals surface area contributed by atoms with Gasteiger partial charge in [-0.2, -0.15) is 0 Å². The lowest BCUT2D eigenvalue weighted by Gasteiger charge is -2.37. The van der Waals surface area contributed by atoms with Gasteiger partial charge >= 0.3 is 0 Å². The van der Waals surface area contributed by atoms with E-state index in [1.54, 1.807) is 7.11 Å². The van der Waals surface area contributed by atoms with Crippen molar-refractivity contribution in [3.05, 3.63) is 30.3 Å². The summed E-state index contributed by atoms with van der Waals surface area (Å²) in [5, 5.41) is 9.83. The summed E-state index contributed by atoms with van der Waals surface area (Å²) in [6.07, 6.45) is 1.23. The molecule has 2 atom stereocenters. The Hall–Kier alpha value is -1.43. The van der Waals surface area contributed by atoms with E-state index >= 15 is 0 Å². The molecule has 1 aromatic carbocycles. The molecule has 0 spiro atoms. The normalized spacial score (nSPS) is 20.9. The molecular formula is C16H24N2O3. The fourth-order valence-electron chi connectivity index (χ4n) is 2.83. The van der Waals surface area contributed by atoms with E-state index in [0.717, 1.165) is 25.1 Å². The summed E-state index contributed by atoms with van der Waals surface area (Å²) < 4.78 is 4.94. The predicted octanol–water partition coefficient (Wildman–Crippen LogP) is 1.12. The molecule has 1 saturated heterocycles. The first-order valence-electron chi connectivity index (χ1n) is 7.37. The maximum Gasteiger partial charge on any atom is 0.244 e. The van der Waals surface area contributed by atoms with Crippen molar-refractivity contribution >= 4 is 11.6 Å². The molecule has 0 saturated carbocycles. The van der Waals surface area contributed by atoms with Crippen LogP contribution in [0.5, 0.6) is 0 Å². The summed E-state index contributed by atoms with van der Waals surface area (Å²) in [5.41, 5.74) is 0.943. The minimum atomic E-state index is -0.570. The summed E-state index contributed by atoms with van der Waals surface area (Å²) >= 11 is 0. The highest BCUT2D eigenvalue weighted by molar-refractivity contribution is 5.97. The van der Waals surface area contributed by atoms with Crippen molar-refractivity contribution in [2.24, 2.45) is 0 Å². The molecule has 0 aromatic heterocycles. The number of anilines is 1. The van der Waals surface area contributed by atoms with Crippen molar-refractivity contribution in [3.8, 4) is 0 Å². The van der Waals surface area contributed by atoms with Gasteiger partial charge in [-0.15, -0.1) is 0 Å². The average molecular weight is 292 g/mol. The van der Waals surface area contributed by atoms with Crippen LogP contribution in [0.25, 0.3) is 0 Å². The van der Waals surface area contributed by atoms with Crippen LogP contribution in [-0.2, 0) is 9.53 Å². The molecule has 0 radical (unpaired) electrons. The summed E-state index contributed by atoms with van der Waals surface area (Å²) in [6, 6.07) is 9.57. The Morgan fingerprint density at radius 3 is 2.81 bits per heavy atom. The van der Waals surface area contributed by atoms with Gasteiger partial charge in [0.15, 0.2) is 0 Å². The number of methoxy groups -OCH3 is 1. The minimum absolute atomic E-state index is 0.111. The van der Waals surface area contributed by atoms with Gasteiger partial charge in [-0.05, 0) is 32.0 Å². The lowest BCUT2D eigenvalue weighted by Crippen LogP contribution is -2.53. The van der Waals surface area contributed by atoms with Gasteiger partial charge in [0, 0.05) is 25.9 Å². The third kappa shape index (κ3) is 4.03. The van der Waals surface area contributed by atoms with Crippen LogP contribution in [0, 0.1) is 0 Å². The average Bonchev–Trinajstić information content (AvgIpc) is 2.48. The fourth-order valence-corrected chi connectivity index (χ4v) is 2.83. The highest BCUT2D eigenvalue weighted by atomic mass is 16.5. The van der Waals surface area contributed by atoms with Gasteiger partial charge in [0.05, 0.1) is 18.8 Å². The molecule has 0 aliphatic carbocycles. The van der Waals surface area contributed by atoms with Gasteiger partial charge in [-0.25, -0.2) is 0 Å². The number of nitrogens with zero attached hydrogens (tertiary/aromatic N) is 2. The van der Waals surface area contributed by atoms with E-state index in [0.29, 0.717) is 6.54 Å². The van der Waals surface area contributed by atoms with Crippen LogP contribution in [0.1, 0.15) is 12.8 Å². The maximum atomic E-state index is 12.7. The van der Waals surface area contributed by atoms with E-state index < -0.39 is 6.10 Å². The summed E-state index contributed by atoms with van der Waals surface area (Å²) in [7, 11) is 3.45. The predicted molar refractivity (Wildman–Crippen MR) is 82.3 cm³/mol. The number of hydrogen-bond acceptors (Lipinski definition) is 4. The van der Waals surface area contributed by atoms with E-state index in [9.17, 15) is 9.90 Å². The molecule has 21 heavy (non-hydrogen) atoms. The van der Waals surface area contributed by atoms with E-state index in [-0.39, 0.29) is 18.6 Å². The highest BCUT2D eigenvalue weighted by Crippen LogP contribution is 2.23. The van der Waals surface area contributed by atoms with Crippen LogP contribution in [0.4, 0.5) is 5.69 Å². The van der Waals surface area contributed by atoms with E-state index in [1.165, 1.54) is 0 Å². The Bertz CT molecular complexity index is 452. The zero-order valence-corrected chi connectivity index (χ0v) is 12.7. The summed E-state index contributed by atoms with van der Waals surface area (Å²) in [5.74, 6) is 0.111. The monoisotopic (exact) mass is 292 g/mol. The van der Waals surface area contributed by atoms with Gasteiger partial charge in [-0.1, -0.05) is 18.2 Å². The van der Waals surface area contributed by atoms with Crippen molar-refractivity contribution in [1.29, 1.82) is 0 Å². The Balaban J connectivity index is 2.02. The number of aliphatic hydroxyl groups is 1. The van der Waals surface area contributed by atoms with Gasteiger partial charge < -0.3 is 14.7 Å². The van der Waals surface area contributed by atoms with Crippen LogP contribution >= 0.6 is 0 Å². The lowest BCUT2D eigenvalue weighted by atomic mass is 10.0. The van der Waals surface area contributed by atoms with Crippen molar-refractivity contribution in [1.82, 2.24) is 4.90 Å². The number of carbonyl (C=O) groups is 1. The third-order valence-electron chi connectivity index (χ3n) is 3.87. The number of aliphatic hydroxyl groups excluding tert-OH is 1. The molecule has 5 heteroatoms. The van der Waals surface area contributed by atoms with Crippen molar-refractivity contribution < 1.29 is 14.6 Å². The molecule has 1 aliphatic heterocycles. The SMILES string of the molecule is COC[C@@H](O)CN(C)[C@H]1CCCN(c2ccccc2)C1=O. The molecular weight excluding hydrogens is 268 g/mol. The molecule has 1 N–H and O–H groups in total. The summed E-state index contributed by atoms with van der Waals surface area (Å²) in [4.78, 5) is 16.5. The van der Waals surface area contributed by atoms with Crippen LogP contribution < -0.4 is 4.90 Å². The molecule has 1 aromatic rings. The fraction of sp³-hybridized carbons (Fsp3) is 0.562. The second kappa shape index (κ2) is 7.54. The first kappa shape index (κ1) is 15.9. The number of ether oxygens (including phenoxy) is 1. The molecule has 1 fully saturated rings. The van der Waals surface area contributed by atoms with E-state index in [1.807, 2.05) is 47.2 Å². The quantitative estimate of drug-likeness (QED) is 0.854. The van der Waals surface area contributed by atoms with E-state index in [4.69, 9.17) is 4.74 Å². The molecule has 0 bridgehead atoms. The number of benzene rings is 1. The number of likely N-dealkylation sites (N-methyl/N-ethyl adjacent to an activating group) is 1. The third-order valence-corrected chi connectivity index (χ3v) is 3.87. The van der Waals surface area contributed by atoms with Crippen molar-refractivity contribution in [2.75, 3.05) is 38.8 Å². The Morgan fingerprint density at radius 2 is 2.14 bits per heavy atom. The molecule has 2 rings (SSSR count). The van der Waals surface area contributed by atoms with E-state index in [2.05, 4.69) is 0 Å². The summed E-state index contributed by atoms with van der Waals surface area (Å²) in [6.45, 7) is 1.48. The van der Waals surface area contributed by atoms with Crippen LogP contribution in [-0.4, -0.2) is 61.9 Å². The smallest absolute Gasteiger partial charge is 0.244 e. The van der Waals surface area contributed by atoms with Gasteiger partial charge in [-0.3, -0.25) is 9.69 Å². The zero-order valence-electron chi connectivity index (χ0n) is 12.7. The molecule has 1 heterocycles. The number of carbonyl (C=O) groups excluding carboxylic acids is 1. The van der Waals surface area contributed by atoms with Crippen molar-refractivity contribution in [3.63, 3.8) is 0 Å². The molecule has 1 amide bonds. The largest absolute Gasteiger partial charge is 0.389 e. The number of amides is 1. The van der Waals surface area contributed by atoms with Crippen LogP contribution in [0.3, 0.4) is 0 Å². The first-order chi connectivity index (χ1) is 10.1.